The zero-order chi connectivity index (χ0) is 24.6. The Balaban J connectivity index is 1.50. The first-order valence-electron chi connectivity index (χ1n) is 11.0. The number of carbonyl (C=O) groups is 1. The molecule has 0 aliphatic heterocycles. The largest absolute Gasteiger partial charge is 0.497 e. The van der Waals surface area contributed by atoms with Gasteiger partial charge < -0.3 is 19.5 Å². The number of ether oxygens (including phenoxy) is 3. The lowest BCUT2D eigenvalue weighted by Gasteiger charge is -2.20. The van der Waals surface area contributed by atoms with E-state index in [0.717, 1.165) is 39.2 Å². The first-order chi connectivity index (χ1) is 17.1. The third-order valence-electron chi connectivity index (χ3n) is 5.47. The fraction of sp³-hybridized carbons (Fsp3) is 0.185. The second-order valence-electron chi connectivity index (χ2n) is 7.62. The van der Waals surface area contributed by atoms with E-state index >= 15 is 0 Å². The van der Waals surface area contributed by atoms with E-state index in [1.807, 2.05) is 83.6 Å². The lowest BCUT2D eigenvalue weighted by Crippen LogP contribution is -2.30. The van der Waals surface area contributed by atoms with Crippen molar-refractivity contribution in [2.75, 3.05) is 27.1 Å². The zero-order valence-electron chi connectivity index (χ0n) is 19.8. The van der Waals surface area contributed by atoms with Crippen molar-refractivity contribution in [3.8, 4) is 22.9 Å². The van der Waals surface area contributed by atoms with Crippen LogP contribution in [0, 0.1) is 0 Å². The Morgan fingerprint density at radius 3 is 2.06 bits per heavy atom. The Bertz CT molecular complexity index is 1210. The van der Waals surface area contributed by atoms with Crippen LogP contribution in [0.4, 0.5) is 0 Å². The lowest BCUT2D eigenvalue weighted by atomic mass is 9.98. The molecular weight excluding hydrogens is 462 g/mol. The van der Waals surface area contributed by atoms with Crippen molar-refractivity contribution in [1.82, 2.24) is 14.9 Å². The maximum atomic E-state index is 13.1. The van der Waals surface area contributed by atoms with E-state index < -0.39 is 0 Å². The molecule has 0 bridgehead atoms. The molecule has 0 aliphatic carbocycles. The van der Waals surface area contributed by atoms with Gasteiger partial charge in [0.2, 0.25) is 5.91 Å². The van der Waals surface area contributed by atoms with E-state index in [-0.39, 0.29) is 17.7 Å². The van der Waals surface area contributed by atoms with Crippen LogP contribution in [0.25, 0.3) is 5.69 Å². The molecule has 35 heavy (non-hydrogen) atoms. The molecule has 1 aromatic heterocycles. The van der Waals surface area contributed by atoms with Crippen LogP contribution in [0.2, 0.25) is 0 Å². The molecule has 0 saturated carbocycles. The molecule has 7 nitrogen and oxygen atoms in total. The standard InChI is InChI=1S/C27H27N3O4S/c1-32-22-11-7-19(8-12-22)26(20-9-13-23(33-2)14-10-20)29-25(31)18-35-27-28-15-16-30(27)21-5-4-6-24(17-21)34-3/h4-17,26H,18H2,1-3H3,(H,29,31). The van der Waals surface area contributed by atoms with Gasteiger partial charge in [-0.3, -0.25) is 9.36 Å². The minimum atomic E-state index is -0.321. The maximum Gasteiger partial charge on any atom is 0.231 e. The monoisotopic (exact) mass is 489 g/mol. The second-order valence-corrected chi connectivity index (χ2v) is 8.56. The van der Waals surface area contributed by atoms with E-state index in [0.29, 0.717) is 0 Å². The van der Waals surface area contributed by atoms with Crippen molar-refractivity contribution in [2.45, 2.75) is 11.2 Å². The van der Waals surface area contributed by atoms with Crippen molar-refractivity contribution in [2.24, 2.45) is 0 Å². The number of nitrogens with zero attached hydrogens (tertiary/aromatic N) is 2. The molecule has 0 unspecified atom stereocenters. The first-order valence-corrected chi connectivity index (χ1v) is 12.0. The predicted octanol–water partition coefficient (Wildman–Crippen LogP) is 4.90. The van der Waals surface area contributed by atoms with Crippen LogP contribution in [-0.4, -0.2) is 42.5 Å². The van der Waals surface area contributed by atoms with Crippen molar-refractivity contribution < 1.29 is 19.0 Å². The van der Waals surface area contributed by atoms with E-state index in [2.05, 4.69) is 10.3 Å². The lowest BCUT2D eigenvalue weighted by molar-refractivity contribution is -0.119. The Labute approximate surface area is 209 Å². The molecule has 8 heteroatoms. The van der Waals surface area contributed by atoms with E-state index in [9.17, 15) is 4.79 Å². The molecule has 0 saturated heterocycles. The van der Waals surface area contributed by atoms with Gasteiger partial charge in [0.1, 0.15) is 17.2 Å². The number of rotatable bonds is 10. The minimum Gasteiger partial charge on any atom is -0.497 e. The number of amides is 1. The summed E-state index contributed by atoms with van der Waals surface area (Å²) in [4.78, 5) is 17.5. The average Bonchev–Trinajstić information content (AvgIpc) is 3.39. The molecule has 4 rings (SSSR count). The molecule has 0 radical (unpaired) electrons. The quantitative estimate of drug-likeness (QED) is 0.320. The molecule has 3 aromatic carbocycles. The molecule has 0 spiro atoms. The summed E-state index contributed by atoms with van der Waals surface area (Å²) in [5.74, 6) is 2.38. The fourth-order valence-electron chi connectivity index (χ4n) is 3.64. The van der Waals surface area contributed by atoms with Crippen LogP contribution < -0.4 is 19.5 Å². The molecule has 180 valence electrons. The highest BCUT2D eigenvalue weighted by atomic mass is 32.2. The topological polar surface area (TPSA) is 74.6 Å². The number of aromatic nitrogens is 2. The third-order valence-corrected chi connectivity index (χ3v) is 6.44. The Hall–Kier alpha value is -3.91. The summed E-state index contributed by atoms with van der Waals surface area (Å²) in [7, 11) is 4.89. The second kappa shape index (κ2) is 11.5. The van der Waals surface area contributed by atoms with Crippen LogP contribution in [0.1, 0.15) is 17.2 Å². The third kappa shape index (κ3) is 5.96. The van der Waals surface area contributed by atoms with Gasteiger partial charge in [-0.2, -0.15) is 0 Å². The molecule has 4 aromatic rings. The van der Waals surface area contributed by atoms with Crippen molar-refractivity contribution in [3.05, 3.63) is 96.3 Å². The summed E-state index contributed by atoms with van der Waals surface area (Å²) in [6.45, 7) is 0. The van der Waals surface area contributed by atoms with Gasteiger partial charge in [-0.25, -0.2) is 4.98 Å². The normalized spacial score (nSPS) is 10.7. The fourth-order valence-corrected chi connectivity index (χ4v) is 4.42. The van der Waals surface area contributed by atoms with E-state index in [4.69, 9.17) is 14.2 Å². The molecule has 1 amide bonds. The van der Waals surface area contributed by atoms with Crippen LogP contribution in [0.15, 0.2) is 90.3 Å². The number of benzene rings is 3. The van der Waals surface area contributed by atoms with Gasteiger partial charge >= 0.3 is 0 Å². The molecule has 0 aliphatic rings. The van der Waals surface area contributed by atoms with Crippen LogP contribution >= 0.6 is 11.8 Å². The molecule has 1 N–H and O–H groups in total. The van der Waals surface area contributed by atoms with Gasteiger partial charge in [0, 0.05) is 18.5 Å². The maximum absolute atomic E-state index is 13.1. The van der Waals surface area contributed by atoms with Gasteiger partial charge in [-0.15, -0.1) is 0 Å². The number of thioether (sulfide) groups is 1. The highest BCUT2D eigenvalue weighted by Gasteiger charge is 2.18. The first kappa shape index (κ1) is 24.2. The predicted molar refractivity (Wildman–Crippen MR) is 137 cm³/mol. The van der Waals surface area contributed by atoms with Gasteiger partial charge in [-0.05, 0) is 47.5 Å². The SMILES string of the molecule is COc1ccc(C(NC(=O)CSc2nccn2-c2cccc(OC)c2)c2ccc(OC)cc2)cc1. The van der Waals surface area contributed by atoms with Crippen molar-refractivity contribution in [3.63, 3.8) is 0 Å². The Morgan fingerprint density at radius 2 is 1.49 bits per heavy atom. The Kier molecular flexibility index (Phi) is 7.95. The smallest absolute Gasteiger partial charge is 0.231 e. The van der Waals surface area contributed by atoms with Gasteiger partial charge in [0.05, 0.1) is 38.8 Å². The number of hydrogen-bond acceptors (Lipinski definition) is 6. The van der Waals surface area contributed by atoms with Crippen LogP contribution in [-0.2, 0) is 4.79 Å². The van der Waals surface area contributed by atoms with Gasteiger partial charge in [-0.1, -0.05) is 42.1 Å². The van der Waals surface area contributed by atoms with Gasteiger partial charge in [0.25, 0.3) is 0 Å². The molecular formula is C27H27N3O4S. The zero-order valence-corrected chi connectivity index (χ0v) is 20.6. The number of imidazole rings is 1. The van der Waals surface area contributed by atoms with E-state index in [1.165, 1.54) is 11.8 Å². The van der Waals surface area contributed by atoms with Crippen molar-refractivity contribution in [1.29, 1.82) is 0 Å². The van der Waals surface area contributed by atoms with Crippen LogP contribution in [0.5, 0.6) is 17.2 Å². The summed E-state index contributed by atoms with van der Waals surface area (Å²) in [6, 6.07) is 22.7. The number of carbonyl (C=O) groups excluding carboxylic acids is 1. The molecule has 0 fully saturated rings. The molecule has 1 heterocycles. The number of hydrogen-bond donors (Lipinski definition) is 1. The summed E-state index contributed by atoms with van der Waals surface area (Å²) < 4.78 is 17.8. The summed E-state index contributed by atoms with van der Waals surface area (Å²) in [5, 5.41) is 3.89. The van der Waals surface area contributed by atoms with Crippen LogP contribution in [0.3, 0.4) is 0 Å². The summed E-state index contributed by atoms with van der Waals surface area (Å²) in [5.41, 5.74) is 2.82. The van der Waals surface area contributed by atoms with Crippen molar-refractivity contribution >= 4 is 17.7 Å². The molecule has 0 atom stereocenters. The average molecular weight is 490 g/mol. The summed E-state index contributed by atoms with van der Waals surface area (Å²) >= 11 is 1.37. The highest BCUT2D eigenvalue weighted by molar-refractivity contribution is 7.99. The Morgan fingerprint density at radius 1 is 0.886 bits per heavy atom. The highest BCUT2D eigenvalue weighted by Crippen LogP contribution is 2.27. The number of methoxy groups -OCH3 is 3. The van der Waals surface area contributed by atoms with E-state index in [1.54, 1.807) is 27.5 Å². The number of nitrogens with one attached hydrogen (secondary N) is 1. The minimum absolute atomic E-state index is 0.105. The van der Waals surface area contributed by atoms with Gasteiger partial charge in [0.15, 0.2) is 5.16 Å². The summed E-state index contributed by atoms with van der Waals surface area (Å²) in [6.07, 6.45) is 3.59.